The molecule has 2 N–H and O–H groups in total. The highest BCUT2D eigenvalue weighted by Crippen LogP contribution is 2.27. The quantitative estimate of drug-likeness (QED) is 0.493. The van der Waals surface area contributed by atoms with Crippen LogP contribution in [0.25, 0.3) is 0 Å². The van der Waals surface area contributed by atoms with Gasteiger partial charge in [0.25, 0.3) is 5.91 Å². The van der Waals surface area contributed by atoms with Gasteiger partial charge in [-0.2, -0.15) is 0 Å². The van der Waals surface area contributed by atoms with Crippen molar-refractivity contribution >= 4 is 29.7 Å². The number of pyridine rings is 1. The lowest BCUT2D eigenvalue weighted by molar-refractivity contribution is -0.123. The number of aromatic nitrogens is 2. The maximum Gasteiger partial charge on any atom is 0.341 e. The Hall–Kier alpha value is -2.88. The van der Waals surface area contributed by atoms with Crippen LogP contribution in [0, 0.1) is 19.8 Å². The Balaban J connectivity index is 1.91. The van der Waals surface area contributed by atoms with E-state index in [0.717, 1.165) is 11.3 Å². The van der Waals surface area contributed by atoms with Crippen molar-refractivity contribution in [3.8, 4) is 0 Å². The molecule has 0 aliphatic carbocycles. The van der Waals surface area contributed by atoms with Gasteiger partial charge in [-0.3, -0.25) is 10.1 Å². The molecule has 0 aliphatic heterocycles. The first kappa shape index (κ1) is 22.4. The number of amides is 3. The van der Waals surface area contributed by atoms with E-state index in [9.17, 15) is 14.4 Å². The second kappa shape index (κ2) is 10.6. The summed E-state index contributed by atoms with van der Waals surface area (Å²) in [5.74, 6) is 0.0724. The van der Waals surface area contributed by atoms with E-state index < -0.39 is 24.5 Å². The fourth-order valence-electron chi connectivity index (χ4n) is 2.22. The Morgan fingerprint density at radius 1 is 1.28 bits per heavy atom. The summed E-state index contributed by atoms with van der Waals surface area (Å²) in [6.45, 7) is 7.38. The molecule has 0 bridgehead atoms. The lowest BCUT2D eigenvalue weighted by Gasteiger charge is -2.10. The smallest absolute Gasteiger partial charge is 0.341 e. The minimum Gasteiger partial charge on any atom is -0.452 e. The third-order valence-electron chi connectivity index (χ3n) is 3.78. The molecule has 0 saturated carbocycles. The van der Waals surface area contributed by atoms with Crippen LogP contribution in [0.4, 0.5) is 4.79 Å². The van der Waals surface area contributed by atoms with Gasteiger partial charge in [0, 0.05) is 24.1 Å². The molecular weight excluding hydrogens is 396 g/mol. The molecule has 2 heterocycles. The summed E-state index contributed by atoms with van der Waals surface area (Å²) in [6.07, 6.45) is 1.57. The molecule has 0 saturated heterocycles. The highest BCUT2D eigenvalue weighted by molar-refractivity contribution is 7.98. The summed E-state index contributed by atoms with van der Waals surface area (Å²) in [5.41, 5.74) is 1.95. The van der Waals surface area contributed by atoms with Crippen LogP contribution in [0.2, 0.25) is 0 Å². The summed E-state index contributed by atoms with van der Waals surface area (Å²) >= 11 is 1.34. The summed E-state index contributed by atoms with van der Waals surface area (Å²) in [6, 6.07) is 2.55. The van der Waals surface area contributed by atoms with Gasteiger partial charge in [0.2, 0.25) is 0 Å². The molecule has 2 aromatic rings. The number of rotatable bonds is 8. The predicted octanol–water partition coefficient (Wildman–Crippen LogP) is 2.62. The van der Waals surface area contributed by atoms with E-state index in [1.54, 1.807) is 18.3 Å². The molecule has 0 atom stereocenters. The van der Waals surface area contributed by atoms with Crippen molar-refractivity contribution in [2.75, 3.05) is 13.2 Å². The minimum absolute atomic E-state index is 0.237. The van der Waals surface area contributed by atoms with Gasteiger partial charge in [-0.25, -0.2) is 14.6 Å². The molecule has 2 rings (SSSR count). The number of hydrogen-bond acceptors (Lipinski definition) is 8. The molecule has 0 aromatic carbocycles. The molecular formula is C19H24N4O5S. The number of carbonyl (C=O) groups is 3. The Bertz CT molecular complexity index is 862. The SMILES string of the molecule is Cc1noc(C)c1CSc1ncccc1C(=O)OCC(=O)NC(=O)NCC(C)C. The van der Waals surface area contributed by atoms with Crippen LogP contribution < -0.4 is 10.6 Å². The van der Waals surface area contributed by atoms with Crippen LogP contribution in [0.15, 0.2) is 27.9 Å². The van der Waals surface area contributed by atoms with Crippen LogP contribution in [0.3, 0.4) is 0 Å². The highest BCUT2D eigenvalue weighted by atomic mass is 32.2. The number of imide groups is 1. The molecule has 29 heavy (non-hydrogen) atoms. The van der Waals surface area contributed by atoms with Gasteiger partial charge in [0.1, 0.15) is 10.8 Å². The van der Waals surface area contributed by atoms with Crippen LogP contribution in [-0.4, -0.2) is 41.2 Å². The normalized spacial score (nSPS) is 10.7. The first-order chi connectivity index (χ1) is 13.8. The van der Waals surface area contributed by atoms with Crippen LogP contribution in [0.5, 0.6) is 0 Å². The Kier molecular flexibility index (Phi) is 8.20. The predicted molar refractivity (Wildman–Crippen MR) is 106 cm³/mol. The first-order valence-corrected chi connectivity index (χ1v) is 10.0. The van der Waals surface area contributed by atoms with Gasteiger partial charge in [-0.05, 0) is 31.9 Å². The van der Waals surface area contributed by atoms with E-state index in [1.165, 1.54) is 11.8 Å². The monoisotopic (exact) mass is 420 g/mol. The molecule has 0 spiro atoms. The summed E-state index contributed by atoms with van der Waals surface area (Å²) in [4.78, 5) is 40.0. The van der Waals surface area contributed by atoms with Crippen molar-refractivity contribution < 1.29 is 23.6 Å². The summed E-state index contributed by atoms with van der Waals surface area (Å²) < 4.78 is 10.2. The number of urea groups is 1. The van der Waals surface area contributed by atoms with E-state index in [2.05, 4.69) is 20.8 Å². The van der Waals surface area contributed by atoms with Crippen molar-refractivity contribution in [1.29, 1.82) is 0 Å². The number of thioether (sulfide) groups is 1. The lowest BCUT2D eigenvalue weighted by atomic mass is 10.2. The van der Waals surface area contributed by atoms with Gasteiger partial charge in [0.15, 0.2) is 6.61 Å². The molecule has 10 heteroatoms. The van der Waals surface area contributed by atoms with Gasteiger partial charge in [-0.15, -0.1) is 11.8 Å². The number of aryl methyl sites for hydroxylation is 2. The van der Waals surface area contributed by atoms with Crippen molar-refractivity contribution in [3.63, 3.8) is 0 Å². The van der Waals surface area contributed by atoms with Crippen molar-refractivity contribution in [1.82, 2.24) is 20.8 Å². The topological polar surface area (TPSA) is 123 Å². The molecule has 0 fully saturated rings. The van der Waals surface area contributed by atoms with Gasteiger partial charge >= 0.3 is 12.0 Å². The lowest BCUT2D eigenvalue weighted by Crippen LogP contribution is -2.42. The zero-order valence-electron chi connectivity index (χ0n) is 16.8. The van der Waals surface area contributed by atoms with Crippen LogP contribution in [-0.2, 0) is 15.3 Å². The maximum absolute atomic E-state index is 12.4. The number of hydrogen-bond donors (Lipinski definition) is 2. The number of esters is 1. The molecule has 9 nitrogen and oxygen atoms in total. The largest absolute Gasteiger partial charge is 0.452 e. The average Bonchev–Trinajstić information content (AvgIpc) is 3.00. The van der Waals surface area contributed by atoms with Gasteiger partial charge in [0.05, 0.1) is 11.3 Å². The molecule has 0 radical (unpaired) electrons. The van der Waals surface area contributed by atoms with E-state index in [-0.39, 0.29) is 11.5 Å². The van der Waals surface area contributed by atoms with E-state index in [1.807, 2.05) is 27.7 Å². The van der Waals surface area contributed by atoms with Gasteiger partial charge < -0.3 is 14.6 Å². The Labute approximate surface area is 173 Å². The molecule has 0 aliphatic rings. The Morgan fingerprint density at radius 2 is 2.03 bits per heavy atom. The fraction of sp³-hybridized carbons (Fsp3) is 0.421. The number of nitrogens with one attached hydrogen (secondary N) is 2. The van der Waals surface area contributed by atoms with Crippen molar-refractivity contribution in [2.45, 2.75) is 38.5 Å². The second-order valence-corrected chi connectivity index (χ2v) is 7.64. The minimum atomic E-state index is -0.714. The van der Waals surface area contributed by atoms with Crippen LogP contribution >= 0.6 is 11.8 Å². The zero-order valence-corrected chi connectivity index (χ0v) is 17.6. The maximum atomic E-state index is 12.4. The third-order valence-corrected chi connectivity index (χ3v) is 4.82. The van der Waals surface area contributed by atoms with Crippen LogP contribution in [0.1, 0.15) is 41.2 Å². The first-order valence-electron chi connectivity index (χ1n) is 9.02. The zero-order chi connectivity index (χ0) is 21.4. The highest BCUT2D eigenvalue weighted by Gasteiger charge is 2.18. The number of nitrogens with zero attached hydrogens (tertiary/aromatic N) is 2. The Morgan fingerprint density at radius 3 is 2.69 bits per heavy atom. The summed E-state index contributed by atoms with van der Waals surface area (Å²) in [5, 5.41) is 9.02. The van der Waals surface area contributed by atoms with E-state index >= 15 is 0 Å². The van der Waals surface area contributed by atoms with Crippen molar-refractivity contribution in [3.05, 3.63) is 40.9 Å². The van der Waals surface area contributed by atoms with E-state index in [4.69, 9.17) is 9.26 Å². The van der Waals surface area contributed by atoms with E-state index in [0.29, 0.717) is 23.1 Å². The standard InChI is InChI=1S/C19H24N4O5S/c1-11(2)8-21-19(26)22-16(24)9-27-18(25)14-6-5-7-20-17(14)29-10-15-12(3)23-28-13(15)4/h5-7,11H,8-10H2,1-4H3,(H2,21,22,24,26). The molecule has 156 valence electrons. The second-order valence-electron chi connectivity index (χ2n) is 6.68. The molecule has 0 unspecified atom stereocenters. The average molecular weight is 420 g/mol. The number of ether oxygens (including phenoxy) is 1. The third kappa shape index (κ3) is 6.90. The molecule has 3 amide bonds. The number of carbonyl (C=O) groups excluding carboxylic acids is 3. The summed E-state index contributed by atoms with van der Waals surface area (Å²) in [7, 11) is 0. The van der Waals surface area contributed by atoms with Crippen molar-refractivity contribution in [2.24, 2.45) is 5.92 Å². The fourth-order valence-corrected chi connectivity index (χ4v) is 3.36. The molecule has 2 aromatic heterocycles. The van der Waals surface area contributed by atoms with Gasteiger partial charge in [-0.1, -0.05) is 19.0 Å².